The second-order valence-corrected chi connectivity index (χ2v) is 10.9. The van der Waals surface area contributed by atoms with E-state index in [1.54, 1.807) is 12.4 Å². The van der Waals surface area contributed by atoms with Gasteiger partial charge < -0.3 is 14.5 Å². The lowest BCUT2D eigenvalue weighted by Gasteiger charge is -2.39. The first-order valence-electron chi connectivity index (χ1n) is 13.2. The van der Waals surface area contributed by atoms with Crippen molar-refractivity contribution in [2.24, 2.45) is 5.41 Å². The van der Waals surface area contributed by atoms with Gasteiger partial charge in [-0.25, -0.2) is 9.97 Å². The number of piperidine rings is 1. The van der Waals surface area contributed by atoms with Crippen LogP contribution in [0.4, 0.5) is 0 Å². The van der Waals surface area contributed by atoms with E-state index in [0.717, 1.165) is 62.6 Å². The summed E-state index contributed by atoms with van der Waals surface area (Å²) in [4.78, 5) is 42.9. The summed E-state index contributed by atoms with van der Waals surface area (Å²) in [5.74, 6) is 1.48. The van der Waals surface area contributed by atoms with E-state index in [-0.39, 0.29) is 17.2 Å². The van der Waals surface area contributed by atoms with E-state index < -0.39 is 0 Å². The average Bonchev–Trinajstić information content (AvgIpc) is 3.39. The third-order valence-corrected chi connectivity index (χ3v) is 8.25. The zero-order chi connectivity index (χ0) is 26.2. The number of hydrogen-bond acceptors (Lipinski definition) is 7. The van der Waals surface area contributed by atoms with Crippen molar-refractivity contribution in [3.05, 3.63) is 67.0 Å². The van der Waals surface area contributed by atoms with Gasteiger partial charge in [-0.1, -0.05) is 36.0 Å². The molecule has 0 bridgehead atoms. The van der Waals surface area contributed by atoms with Gasteiger partial charge in [-0.05, 0) is 61.4 Å². The normalized spacial score (nSPS) is 16.5. The quantitative estimate of drug-likeness (QED) is 0.231. The summed E-state index contributed by atoms with van der Waals surface area (Å²) in [6.07, 6.45) is 7.56. The van der Waals surface area contributed by atoms with Crippen molar-refractivity contribution in [2.75, 3.05) is 38.5 Å². The zero-order valence-electron chi connectivity index (χ0n) is 21.5. The first kappa shape index (κ1) is 26.2. The van der Waals surface area contributed by atoms with Crippen LogP contribution in [0.15, 0.2) is 72.1 Å². The number of ether oxygens (including phenoxy) is 1. The second-order valence-electron chi connectivity index (χ2n) is 9.94. The molecule has 2 amide bonds. The van der Waals surface area contributed by atoms with Crippen molar-refractivity contribution >= 4 is 23.6 Å². The Labute approximate surface area is 227 Å². The van der Waals surface area contributed by atoms with Crippen LogP contribution in [0.1, 0.15) is 32.1 Å². The average molecular weight is 532 g/mol. The van der Waals surface area contributed by atoms with Crippen molar-refractivity contribution in [2.45, 2.75) is 37.3 Å². The number of benzene rings is 1. The number of aromatic nitrogens is 3. The molecule has 5 rings (SSSR count). The fourth-order valence-corrected chi connectivity index (χ4v) is 5.89. The number of rotatable bonds is 9. The van der Waals surface area contributed by atoms with Crippen LogP contribution in [0.2, 0.25) is 0 Å². The molecular weight excluding hydrogens is 498 g/mol. The molecule has 0 saturated carbocycles. The van der Waals surface area contributed by atoms with E-state index in [0.29, 0.717) is 30.4 Å². The maximum atomic E-state index is 13.0. The molecule has 0 radical (unpaired) electrons. The molecular formula is C29H33N5O3S. The number of amides is 2. The molecule has 2 aliphatic rings. The molecule has 0 N–H and O–H groups in total. The summed E-state index contributed by atoms with van der Waals surface area (Å²) in [5, 5.41) is 0.580. The Kier molecular flexibility index (Phi) is 8.53. The first-order chi connectivity index (χ1) is 18.6. The van der Waals surface area contributed by atoms with Gasteiger partial charge in [0.25, 0.3) is 0 Å². The number of likely N-dealkylation sites (tertiary alicyclic amines) is 2. The van der Waals surface area contributed by atoms with Crippen LogP contribution >= 0.6 is 11.8 Å². The number of thioether (sulfide) groups is 1. The van der Waals surface area contributed by atoms with Gasteiger partial charge in [0.05, 0.1) is 23.7 Å². The molecule has 2 saturated heterocycles. The molecule has 2 fully saturated rings. The predicted molar refractivity (Wildman–Crippen MR) is 147 cm³/mol. The lowest BCUT2D eigenvalue weighted by molar-refractivity contribution is -0.134. The molecule has 4 heterocycles. The van der Waals surface area contributed by atoms with Gasteiger partial charge in [-0.3, -0.25) is 14.6 Å². The minimum Gasteiger partial charge on any atom is -0.494 e. The lowest BCUT2D eigenvalue weighted by atomic mass is 9.77. The molecule has 2 aromatic heterocycles. The standard InChI is InChI=1S/C29H33N5O3S/c35-26(10-6-20-37-23-7-2-1-3-8-23)33-17-12-29(13-18-33)14-19-34(22-29)27(36)21-38-28-31-16-11-25(32-28)24-9-4-5-15-30-24/h1-5,7-9,11,15-16H,6,10,12-14,17-22H2. The molecule has 9 heteroatoms. The smallest absolute Gasteiger partial charge is 0.233 e. The van der Waals surface area contributed by atoms with Crippen molar-refractivity contribution in [3.63, 3.8) is 0 Å². The fraction of sp³-hybridized carbons (Fsp3) is 0.414. The molecule has 38 heavy (non-hydrogen) atoms. The Morgan fingerprint density at radius 1 is 0.842 bits per heavy atom. The second kappa shape index (κ2) is 12.4. The summed E-state index contributed by atoms with van der Waals surface area (Å²) in [7, 11) is 0. The van der Waals surface area contributed by atoms with E-state index in [2.05, 4.69) is 15.0 Å². The summed E-state index contributed by atoms with van der Waals surface area (Å²) in [6.45, 7) is 3.63. The van der Waals surface area contributed by atoms with Crippen molar-refractivity contribution in [1.82, 2.24) is 24.8 Å². The van der Waals surface area contributed by atoms with Crippen LogP contribution in [0.3, 0.4) is 0 Å². The highest BCUT2D eigenvalue weighted by Crippen LogP contribution is 2.40. The van der Waals surface area contributed by atoms with E-state index in [4.69, 9.17) is 4.74 Å². The Morgan fingerprint density at radius 2 is 1.61 bits per heavy atom. The lowest BCUT2D eigenvalue weighted by Crippen LogP contribution is -2.44. The maximum Gasteiger partial charge on any atom is 0.233 e. The first-order valence-corrected chi connectivity index (χ1v) is 14.2. The number of pyridine rings is 1. The summed E-state index contributed by atoms with van der Waals surface area (Å²) in [5.41, 5.74) is 1.67. The molecule has 0 aliphatic carbocycles. The number of carbonyl (C=O) groups excluding carboxylic acids is 2. The third kappa shape index (κ3) is 6.69. The van der Waals surface area contributed by atoms with Gasteiger partial charge >= 0.3 is 0 Å². The van der Waals surface area contributed by atoms with Crippen LogP contribution in [-0.4, -0.2) is 75.1 Å². The number of carbonyl (C=O) groups is 2. The minimum atomic E-state index is 0.121. The third-order valence-electron chi connectivity index (χ3n) is 7.40. The van der Waals surface area contributed by atoms with Gasteiger partial charge in [-0.15, -0.1) is 0 Å². The van der Waals surface area contributed by atoms with E-state index in [9.17, 15) is 9.59 Å². The van der Waals surface area contributed by atoms with Gasteiger partial charge in [0.2, 0.25) is 11.8 Å². The molecule has 3 aromatic rings. The van der Waals surface area contributed by atoms with Gasteiger partial charge in [0, 0.05) is 45.0 Å². The van der Waals surface area contributed by atoms with E-state index in [1.165, 1.54) is 11.8 Å². The summed E-state index contributed by atoms with van der Waals surface area (Å²) >= 11 is 1.37. The van der Waals surface area contributed by atoms with E-state index >= 15 is 0 Å². The molecule has 8 nitrogen and oxygen atoms in total. The van der Waals surface area contributed by atoms with Crippen LogP contribution in [0, 0.1) is 5.41 Å². The molecule has 198 valence electrons. The van der Waals surface area contributed by atoms with Crippen LogP contribution in [-0.2, 0) is 9.59 Å². The van der Waals surface area contributed by atoms with Crippen LogP contribution in [0.25, 0.3) is 11.4 Å². The highest BCUT2D eigenvalue weighted by atomic mass is 32.2. The highest BCUT2D eigenvalue weighted by Gasteiger charge is 2.42. The Bertz CT molecular complexity index is 1220. The predicted octanol–water partition coefficient (Wildman–Crippen LogP) is 4.33. The minimum absolute atomic E-state index is 0.121. The van der Waals surface area contributed by atoms with E-state index in [1.807, 2.05) is 64.4 Å². The molecule has 1 spiro atoms. The highest BCUT2D eigenvalue weighted by molar-refractivity contribution is 7.99. The topological polar surface area (TPSA) is 88.5 Å². The SMILES string of the molecule is O=C(CCCOc1ccccc1)N1CCC2(CC1)CCN(C(=O)CSc1nccc(-c3ccccn3)n1)C2. The molecule has 1 aromatic carbocycles. The summed E-state index contributed by atoms with van der Waals surface area (Å²) < 4.78 is 5.71. The van der Waals surface area contributed by atoms with Crippen LogP contribution < -0.4 is 4.74 Å². The monoisotopic (exact) mass is 531 g/mol. The zero-order valence-corrected chi connectivity index (χ0v) is 22.3. The van der Waals surface area contributed by atoms with Gasteiger partial charge in [0.15, 0.2) is 5.16 Å². The number of para-hydroxylation sites is 1. The molecule has 0 atom stereocenters. The maximum absolute atomic E-state index is 13.0. The van der Waals surface area contributed by atoms with Gasteiger partial charge in [-0.2, -0.15) is 0 Å². The van der Waals surface area contributed by atoms with Crippen LogP contribution in [0.5, 0.6) is 5.75 Å². The molecule has 2 aliphatic heterocycles. The largest absolute Gasteiger partial charge is 0.494 e. The Hall–Kier alpha value is -3.46. The van der Waals surface area contributed by atoms with Crippen molar-refractivity contribution in [3.8, 4) is 17.1 Å². The van der Waals surface area contributed by atoms with Gasteiger partial charge in [0.1, 0.15) is 5.75 Å². The fourth-order valence-electron chi connectivity index (χ4n) is 5.16. The number of nitrogens with zero attached hydrogens (tertiary/aromatic N) is 5. The van der Waals surface area contributed by atoms with Crippen molar-refractivity contribution in [1.29, 1.82) is 0 Å². The Balaban J connectivity index is 1.03. The molecule has 0 unspecified atom stereocenters. The number of hydrogen-bond donors (Lipinski definition) is 0. The Morgan fingerprint density at radius 3 is 2.37 bits per heavy atom. The van der Waals surface area contributed by atoms with Crippen molar-refractivity contribution < 1.29 is 14.3 Å². The summed E-state index contributed by atoms with van der Waals surface area (Å²) in [6, 6.07) is 17.2.